The molecule has 21 heavy (non-hydrogen) atoms. The summed E-state index contributed by atoms with van der Waals surface area (Å²) in [5.74, 6) is 0.962. The number of hydrogen-bond acceptors (Lipinski definition) is 2. The smallest absolute Gasteiger partial charge is 0.170 e. The molecule has 2 atom stereocenters. The van der Waals surface area contributed by atoms with Gasteiger partial charge >= 0.3 is 0 Å². The molecular formula is C18H23FO2. The Balaban J connectivity index is 1.82. The molecule has 0 radical (unpaired) electrons. The van der Waals surface area contributed by atoms with Gasteiger partial charge in [-0.05, 0) is 43.7 Å². The summed E-state index contributed by atoms with van der Waals surface area (Å²) in [5.41, 5.74) is 0.150. The van der Waals surface area contributed by atoms with Gasteiger partial charge in [-0.2, -0.15) is 0 Å². The Kier molecular flexibility index (Phi) is 4.01. The topological polar surface area (TPSA) is 26.3 Å². The fraction of sp³-hybridized carbons (Fsp3) is 0.611. The molecule has 1 aromatic carbocycles. The third kappa shape index (κ3) is 2.97. The SMILES string of the molecule is CCCC1CCCC2(CC1)CC(=O)c1ccc(F)cc1O2. The van der Waals surface area contributed by atoms with Gasteiger partial charge in [-0.25, -0.2) is 4.39 Å². The molecule has 1 aromatic rings. The fourth-order valence-electron chi connectivity index (χ4n) is 3.89. The first-order valence-electron chi connectivity index (χ1n) is 8.14. The highest BCUT2D eigenvalue weighted by Gasteiger charge is 2.41. The minimum Gasteiger partial charge on any atom is -0.486 e. The van der Waals surface area contributed by atoms with E-state index in [0.717, 1.165) is 31.6 Å². The fourth-order valence-corrected chi connectivity index (χ4v) is 3.89. The van der Waals surface area contributed by atoms with E-state index in [1.807, 2.05) is 0 Å². The Hall–Kier alpha value is -1.38. The summed E-state index contributed by atoms with van der Waals surface area (Å²) in [7, 11) is 0. The summed E-state index contributed by atoms with van der Waals surface area (Å²) < 4.78 is 19.6. The maximum Gasteiger partial charge on any atom is 0.170 e. The van der Waals surface area contributed by atoms with Crippen molar-refractivity contribution in [3.8, 4) is 5.75 Å². The summed E-state index contributed by atoms with van der Waals surface area (Å²) in [6, 6.07) is 4.25. The average Bonchev–Trinajstić information content (AvgIpc) is 2.62. The van der Waals surface area contributed by atoms with E-state index in [1.54, 1.807) is 6.07 Å². The van der Waals surface area contributed by atoms with Crippen LogP contribution in [0.2, 0.25) is 0 Å². The van der Waals surface area contributed by atoms with Crippen LogP contribution in [0.1, 0.15) is 68.6 Å². The summed E-state index contributed by atoms with van der Waals surface area (Å²) in [5, 5.41) is 0. The van der Waals surface area contributed by atoms with Crippen molar-refractivity contribution in [2.45, 2.75) is 63.9 Å². The van der Waals surface area contributed by atoms with E-state index in [2.05, 4.69) is 6.92 Å². The molecular weight excluding hydrogens is 267 g/mol. The zero-order valence-corrected chi connectivity index (χ0v) is 12.7. The quantitative estimate of drug-likeness (QED) is 0.773. The molecule has 1 fully saturated rings. The highest BCUT2D eigenvalue weighted by molar-refractivity contribution is 6.00. The van der Waals surface area contributed by atoms with Crippen molar-refractivity contribution in [1.29, 1.82) is 0 Å². The van der Waals surface area contributed by atoms with E-state index in [1.165, 1.54) is 31.4 Å². The molecule has 3 heteroatoms. The van der Waals surface area contributed by atoms with Crippen molar-refractivity contribution >= 4 is 5.78 Å². The number of ketones is 1. The number of hydrogen-bond donors (Lipinski definition) is 0. The van der Waals surface area contributed by atoms with Crippen LogP contribution in [0.15, 0.2) is 18.2 Å². The van der Waals surface area contributed by atoms with E-state index in [9.17, 15) is 9.18 Å². The Morgan fingerprint density at radius 3 is 3.00 bits per heavy atom. The second-order valence-corrected chi connectivity index (χ2v) is 6.61. The van der Waals surface area contributed by atoms with Crippen LogP contribution in [0.25, 0.3) is 0 Å². The lowest BCUT2D eigenvalue weighted by Gasteiger charge is -2.37. The van der Waals surface area contributed by atoms with Crippen LogP contribution in [0.3, 0.4) is 0 Å². The molecule has 0 N–H and O–H groups in total. The third-order valence-corrected chi connectivity index (χ3v) is 5.00. The van der Waals surface area contributed by atoms with Crippen LogP contribution in [-0.4, -0.2) is 11.4 Å². The predicted octanol–water partition coefficient (Wildman–Crippen LogP) is 4.91. The molecule has 0 saturated heterocycles. The lowest BCUT2D eigenvalue weighted by atomic mass is 9.83. The standard InChI is InChI=1S/C18H23FO2/c1-2-4-13-5-3-9-18(10-8-13)12-16(20)15-7-6-14(19)11-17(15)21-18/h6-7,11,13H,2-5,8-10,12H2,1H3. The van der Waals surface area contributed by atoms with Gasteiger partial charge in [0, 0.05) is 6.07 Å². The first kappa shape index (κ1) is 14.6. The molecule has 1 aliphatic heterocycles. The molecule has 2 aliphatic rings. The number of benzene rings is 1. The van der Waals surface area contributed by atoms with Gasteiger partial charge in [0.25, 0.3) is 0 Å². The Bertz CT molecular complexity index is 540. The maximum atomic E-state index is 13.4. The summed E-state index contributed by atoms with van der Waals surface area (Å²) in [6.07, 6.45) is 8.19. The number of Topliss-reactive ketones (excluding diaryl/α,β-unsaturated/α-hetero) is 1. The molecule has 114 valence electrons. The molecule has 1 spiro atoms. The number of halogens is 1. The van der Waals surface area contributed by atoms with Crippen LogP contribution < -0.4 is 4.74 Å². The minimum absolute atomic E-state index is 0.102. The molecule has 2 unspecified atom stereocenters. The molecule has 1 heterocycles. The van der Waals surface area contributed by atoms with Gasteiger partial charge in [-0.1, -0.05) is 26.2 Å². The van der Waals surface area contributed by atoms with Gasteiger partial charge in [0.05, 0.1) is 12.0 Å². The molecule has 1 saturated carbocycles. The lowest BCUT2D eigenvalue weighted by molar-refractivity contribution is 0.0286. The van der Waals surface area contributed by atoms with Crippen molar-refractivity contribution in [1.82, 2.24) is 0 Å². The second kappa shape index (κ2) is 5.78. The zero-order valence-electron chi connectivity index (χ0n) is 12.7. The summed E-state index contributed by atoms with van der Waals surface area (Å²) >= 11 is 0. The number of rotatable bonds is 2. The second-order valence-electron chi connectivity index (χ2n) is 6.61. The summed E-state index contributed by atoms with van der Waals surface area (Å²) in [6.45, 7) is 2.22. The van der Waals surface area contributed by atoms with Gasteiger partial charge < -0.3 is 4.74 Å². The van der Waals surface area contributed by atoms with Crippen molar-refractivity contribution in [3.05, 3.63) is 29.6 Å². The van der Waals surface area contributed by atoms with Gasteiger partial charge in [0.2, 0.25) is 0 Å². The number of carbonyl (C=O) groups is 1. The van der Waals surface area contributed by atoms with E-state index >= 15 is 0 Å². The number of carbonyl (C=O) groups excluding carboxylic acids is 1. The first-order chi connectivity index (χ1) is 10.1. The maximum absolute atomic E-state index is 13.4. The monoisotopic (exact) mass is 290 g/mol. The van der Waals surface area contributed by atoms with Gasteiger partial charge in [-0.15, -0.1) is 0 Å². The Morgan fingerprint density at radius 1 is 1.33 bits per heavy atom. The Labute approximate surface area is 125 Å². The van der Waals surface area contributed by atoms with Gasteiger partial charge in [0.15, 0.2) is 5.78 Å². The van der Waals surface area contributed by atoms with Crippen molar-refractivity contribution in [2.75, 3.05) is 0 Å². The van der Waals surface area contributed by atoms with Crippen molar-refractivity contribution in [3.63, 3.8) is 0 Å². The van der Waals surface area contributed by atoms with E-state index in [-0.39, 0.29) is 17.2 Å². The van der Waals surface area contributed by atoms with E-state index in [0.29, 0.717) is 17.7 Å². The molecule has 3 rings (SSSR count). The molecule has 0 aromatic heterocycles. The molecule has 0 bridgehead atoms. The zero-order chi connectivity index (χ0) is 14.9. The largest absolute Gasteiger partial charge is 0.486 e. The predicted molar refractivity (Wildman–Crippen MR) is 80.2 cm³/mol. The normalized spacial score (nSPS) is 28.9. The molecule has 2 nitrogen and oxygen atoms in total. The lowest BCUT2D eigenvalue weighted by Crippen LogP contribution is -2.41. The van der Waals surface area contributed by atoms with Crippen molar-refractivity contribution in [2.24, 2.45) is 5.92 Å². The van der Waals surface area contributed by atoms with Crippen LogP contribution in [0, 0.1) is 11.7 Å². The van der Waals surface area contributed by atoms with Crippen LogP contribution in [-0.2, 0) is 0 Å². The first-order valence-corrected chi connectivity index (χ1v) is 8.14. The van der Waals surface area contributed by atoms with E-state index < -0.39 is 0 Å². The van der Waals surface area contributed by atoms with Crippen molar-refractivity contribution < 1.29 is 13.9 Å². The van der Waals surface area contributed by atoms with Crippen LogP contribution in [0.5, 0.6) is 5.75 Å². The minimum atomic E-state index is -0.389. The van der Waals surface area contributed by atoms with Gasteiger partial charge in [0.1, 0.15) is 17.2 Å². The van der Waals surface area contributed by atoms with Crippen LogP contribution >= 0.6 is 0 Å². The number of ether oxygens (including phenoxy) is 1. The number of fused-ring (bicyclic) bond motifs is 1. The average molecular weight is 290 g/mol. The molecule has 0 amide bonds. The van der Waals surface area contributed by atoms with E-state index in [4.69, 9.17) is 4.74 Å². The third-order valence-electron chi connectivity index (χ3n) is 5.00. The Morgan fingerprint density at radius 2 is 2.19 bits per heavy atom. The summed E-state index contributed by atoms with van der Waals surface area (Å²) in [4.78, 5) is 12.4. The van der Waals surface area contributed by atoms with Crippen LogP contribution in [0.4, 0.5) is 4.39 Å². The molecule has 1 aliphatic carbocycles. The van der Waals surface area contributed by atoms with Gasteiger partial charge in [-0.3, -0.25) is 4.79 Å². The highest BCUT2D eigenvalue weighted by Crippen LogP contribution is 2.42. The highest BCUT2D eigenvalue weighted by atomic mass is 19.1.